The molecule has 21 heavy (non-hydrogen) atoms. The number of hydrogen-bond donors (Lipinski definition) is 2. The minimum atomic E-state index is -1.31. The number of nitrogens with one attached hydrogen (secondary N) is 1. The van der Waals surface area contributed by atoms with Crippen LogP contribution in [0.2, 0.25) is 0 Å². The lowest BCUT2D eigenvalue weighted by molar-refractivity contribution is 0.0695. The Hall–Kier alpha value is -2.37. The molecule has 0 fully saturated rings. The van der Waals surface area contributed by atoms with E-state index >= 15 is 0 Å². The second-order valence-electron chi connectivity index (χ2n) is 4.74. The van der Waals surface area contributed by atoms with Gasteiger partial charge in [0.05, 0.1) is 11.2 Å². The maximum atomic E-state index is 14.0. The van der Waals surface area contributed by atoms with Gasteiger partial charge in [0.15, 0.2) is 0 Å². The maximum Gasteiger partial charge on any atom is 0.341 e. The first-order valence-corrected chi connectivity index (χ1v) is 6.83. The molecule has 2 aromatic rings. The van der Waals surface area contributed by atoms with Crippen LogP contribution >= 0.6 is 0 Å². The third-order valence-electron chi connectivity index (χ3n) is 3.31. The van der Waals surface area contributed by atoms with E-state index in [4.69, 9.17) is 5.11 Å². The fourth-order valence-electron chi connectivity index (χ4n) is 2.22. The Morgan fingerprint density at radius 2 is 2.10 bits per heavy atom. The van der Waals surface area contributed by atoms with Crippen molar-refractivity contribution in [3.63, 3.8) is 0 Å². The van der Waals surface area contributed by atoms with Crippen molar-refractivity contribution in [3.8, 4) is 0 Å². The zero-order valence-electron chi connectivity index (χ0n) is 11.9. The standard InChI is InChI=1S/C15H17FN2O3/c1-3-5-17-12-7-13-9(6-11(12)16)14(19)10(15(20)21)8-18(13)4-2/h6-8,17H,3-5H2,1-2H3,(H,20,21). The summed E-state index contributed by atoms with van der Waals surface area (Å²) in [5.41, 5.74) is -0.178. The van der Waals surface area contributed by atoms with Gasteiger partial charge in [-0.05, 0) is 25.5 Å². The lowest BCUT2D eigenvalue weighted by Crippen LogP contribution is -2.19. The van der Waals surface area contributed by atoms with Gasteiger partial charge in [0.25, 0.3) is 0 Å². The Labute approximate surface area is 121 Å². The Kier molecular flexibility index (Phi) is 4.26. The van der Waals surface area contributed by atoms with Crippen molar-refractivity contribution in [2.75, 3.05) is 11.9 Å². The molecule has 0 saturated heterocycles. The summed E-state index contributed by atoms with van der Waals surface area (Å²) in [6.07, 6.45) is 2.14. The topological polar surface area (TPSA) is 71.3 Å². The highest BCUT2D eigenvalue weighted by molar-refractivity contribution is 5.93. The van der Waals surface area contributed by atoms with Gasteiger partial charge < -0.3 is 15.0 Å². The van der Waals surface area contributed by atoms with E-state index in [2.05, 4.69) is 5.32 Å². The number of hydrogen-bond acceptors (Lipinski definition) is 3. The van der Waals surface area contributed by atoms with Crippen molar-refractivity contribution in [1.82, 2.24) is 4.57 Å². The molecule has 2 N–H and O–H groups in total. The Morgan fingerprint density at radius 1 is 1.38 bits per heavy atom. The molecule has 1 aromatic carbocycles. The molecule has 0 amide bonds. The number of carboxylic acids is 1. The summed E-state index contributed by atoms with van der Waals surface area (Å²) in [6.45, 7) is 4.90. The molecule has 0 atom stereocenters. The van der Waals surface area contributed by atoms with Crippen LogP contribution in [0.5, 0.6) is 0 Å². The molecule has 0 aliphatic heterocycles. The summed E-state index contributed by atoms with van der Waals surface area (Å²) >= 11 is 0. The van der Waals surface area contributed by atoms with Crippen LogP contribution < -0.4 is 10.7 Å². The van der Waals surface area contributed by atoms with E-state index in [1.807, 2.05) is 13.8 Å². The number of aromatic carboxylic acids is 1. The van der Waals surface area contributed by atoms with Crippen LogP contribution in [-0.4, -0.2) is 22.2 Å². The number of benzene rings is 1. The third kappa shape index (κ3) is 2.74. The van der Waals surface area contributed by atoms with E-state index in [1.165, 1.54) is 6.20 Å². The molecule has 0 spiro atoms. The maximum absolute atomic E-state index is 14.0. The van der Waals surface area contributed by atoms with E-state index in [0.717, 1.165) is 12.5 Å². The molecule has 2 rings (SSSR count). The van der Waals surface area contributed by atoms with Crippen molar-refractivity contribution in [2.45, 2.75) is 26.8 Å². The first-order chi connectivity index (χ1) is 9.99. The largest absolute Gasteiger partial charge is 0.477 e. The Morgan fingerprint density at radius 3 is 2.67 bits per heavy atom. The summed E-state index contributed by atoms with van der Waals surface area (Å²) in [7, 11) is 0. The summed E-state index contributed by atoms with van der Waals surface area (Å²) in [6, 6.07) is 2.66. The normalized spacial score (nSPS) is 10.8. The predicted octanol–water partition coefficient (Wildman–Crippen LogP) is 2.68. The van der Waals surface area contributed by atoms with Crippen LogP contribution in [0.3, 0.4) is 0 Å². The number of aromatic nitrogens is 1. The van der Waals surface area contributed by atoms with Crippen molar-refractivity contribution >= 4 is 22.6 Å². The highest BCUT2D eigenvalue weighted by Crippen LogP contribution is 2.22. The van der Waals surface area contributed by atoms with Crippen molar-refractivity contribution in [1.29, 1.82) is 0 Å². The van der Waals surface area contributed by atoms with Crippen LogP contribution in [0.25, 0.3) is 10.9 Å². The number of rotatable bonds is 5. The Bertz CT molecular complexity index is 753. The fraction of sp³-hybridized carbons (Fsp3) is 0.333. The van der Waals surface area contributed by atoms with Gasteiger partial charge in [0, 0.05) is 24.7 Å². The highest BCUT2D eigenvalue weighted by Gasteiger charge is 2.16. The zero-order valence-corrected chi connectivity index (χ0v) is 11.9. The van der Waals surface area contributed by atoms with Crippen LogP contribution in [0.4, 0.5) is 10.1 Å². The van der Waals surface area contributed by atoms with Crippen LogP contribution in [0, 0.1) is 5.82 Å². The molecule has 5 nitrogen and oxygen atoms in total. The summed E-state index contributed by atoms with van der Waals surface area (Å²) < 4.78 is 15.7. The van der Waals surface area contributed by atoms with Gasteiger partial charge in [-0.1, -0.05) is 6.92 Å². The number of anilines is 1. The second kappa shape index (κ2) is 5.95. The number of aryl methyl sites for hydroxylation is 1. The van der Waals surface area contributed by atoms with Crippen LogP contribution in [0.1, 0.15) is 30.6 Å². The number of carbonyl (C=O) groups is 1. The van der Waals surface area contributed by atoms with Crippen molar-refractivity contribution in [3.05, 3.63) is 39.9 Å². The summed E-state index contributed by atoms with van der Waals surface area (Å²) in [4.78, 5) is 23.2. The van der Waals surface area contributed by atoms with Gasteiger partial charge in [-0.3, -0.25) is 4.79 Å². The predicted molar refractivity (Wildman–Crippen MR) is 79.6 cm³/mol. The van der Waals surface area contributed by atoms with Crippen molar-refractivity contribution in [2.24, 2.45) is 0 Å². The Balaban J connectivity index is 2.75. The monoisotopic (exact) mass is 292 g/mol. The molecule has 0 bridgehead atoms. The first kappa shape index (κ1) is 15.0. The summed E-state index contributed by atoms with van der Waals surface area (Å²) in [5.74, 6) is -1.86. The lowest BCUT2D eigenvalue weighted by atomic mass is 10.1. The minimum absolute atomic E-state index is 0.0799. The number of carboxylic acid groups (broad SMARTS) is 1. The number of fused-ring (bicyclic) bond motifs is 1. The third-order valence-corrected chi connectivity index (χ3v) is 3.31. The van der Waals surface area contributed by atoms with Gasteiger partial charge >= 0.3 is 5.97 Å². The molecule has 0 aliphatic rings. The quantitative estimate of drug-likeness (QED) is 0.888. The number of halogens is 1. The molecule has 0 saturated carbocycles. The van der Waals surface area contributed by atoms with Gasteiger partial charge in [-0.2, -0.15) is 0 Å². The van der Waals surface area contributed by atoms with E-state index in [1.54, 1.807) is 10.6 Å². The van der Waals surface area contributed by atoms with Crippen LogP contribution in [0.15, 0.2) is 23.1 Å². The second-order valence-corrected chi connectivity index (χ2v) is 4.74. The molecule has 0 aliphatic carbocycles. The molecule has 112 valence electrons. The van der Waals surface area contributed by atoms with E-state index in [0.29, 0.717) is 24.3 Å². The van der Waals surface area contributed by atoms with Gasteiger partial charge in [-0.15, -0.1) is 0 Å². The molecule has 1 heterocycles. The van der Waals surface area contributed by atoms with Crippen molar-refractivity contribution < 1.29 is 14.3 Å². The fourth-order valence-corrected chi connectivity index (χ4v) is 2.22. The minimum Gasteiger partial charge on any atom is -0.477 e. The average molecular weight is 292 g/mol. The highest BCUT2D eigenvalue weighted by atomic mass is 19.1. The van der Waals surface area contributed by atoms with E-state index in [9.17, 15) is 14.0 Å². The van der Waals surface area contributed by atoms with Gasteiger partial charge in [-0.25, -0.2) is 9.18 Å². The molecular formula is C15H17FN2O3. The molecular weight excluding hydrogens is 275 g/mol. The SMILES string of the molecule is CCCNc1cc2c(cc1F)c(=O)c(C(=O)O)cn2CC. The molecule has 0 radical (unpaired) electrons. The molecule has 1 aromatic heterocycles. The smallest absolute Gasteiger partial charge is 0.341 e. The van der Waals surface area contributed by atoms with E-state index in [-0.39, 0.29) is 10.9 Å². The first-order valence-electron chi connectivity index (χ1n) is 6.83. The number of nitrogens with zero attached hydrogens (tertiary/aromatic N) is 1. The molecule has 0 unspecified atom stereocenters. The zero-order chi connectivity index (χ0) is 15.6. The summed E-state index contributed by atoms with van der Waals surface area (Å²) in [5, 5.41) is 12.1. The lowest BCUT2D eigenvalue weighted by Gasteiger charge is -2.13. The van der Waals surface area contributed by atoms with Gasteiger partial charge in [0.1, 0.15) is 11.4 Å². The van der Waals surface area contributed by atoms with E-state index < -0.39 is 17.2 Å². The van der Waals surface area contributed by atoms with Crippen LogP contribution in [-0.2, 0) is 6.54 Å². The van der Waals surface area contributed by atoms with Gasteiger partial charge in [0.2, 0.25) is 5.43 Å². The average Bonchev–Trinajstić information content (AvgIpc) is 2.46. The molecule has 6 heteroatoms. The number of pyridine rings is 1.